The summed E-state index contributed by atoms with van der Waals surface area (Å²) < 4.78 is 0. The van der Waals surface area contributed by atoms with E-state index in [1.165, 1.54) is 5.56 Å². The second-order valence-corrected chi connectivity index (χ2v) is 4.34. The normalized spacial score (nSPS) is 19.6. The largest absolute Gasteiger partial charge is 0.394 e. The van der Waals surface area contributed by atoms with E-state index in [0.29, 0.717) is 6.04 Å². The molecular weight excluding hydrogens is 200 g/mol. The summed E-state index contributed by atoms with van der Waals surface area (Å²) in [5.74, 6) is 0. The average Bonchev–Trinajstić information content (AvgIpc) is 2.38. The van der Waals surface area contributed by atoms with Crippen LogP contribution in [0.1, 0.15) is 24.4 Å². The highest BCUT2D eigenvalue weighted by atomic mass is 16.3. The lowest BCUT2D eigenvalue weighted by Crippen LogP contribution is -2.42. The van der Waals surface area contributed by atoms with Crippen molar-refractivity contribution in [1.29, 1.82) is 0 Å². The molecule has 3 heteroatoms. The second kappa shape index (κ2) is 5.99. The number of aliphatic hydroxyl groups excluding tert-OH is 1. The minimum atomic E-state index is 0.0734. The van der Waals surface area contributed by atoms with Gasteiger partial charge in [-0.25, -0.2) is 0 Å². The molecular formula is C13H20N2O. The fourth-order valence-corrected chi connectivity index (χ4v) is 2.21. The Labute approximate surface area is 96.9 Å². The summed E-state index contributed by atoms with van der Waals surface area (Å²) in [6, 6.07) is 10.8. The molecule has 3 N–H and O–H groups in total. The van der Waals surface area contributed by atoms with Crippen molar-refractivity contribution in [3.8, 4) is 0 Å². The number of rotatable bonds is 4. The summed E-state index contributed by atoms with van der Waals surface area (Å²) in [6.07, 6.45) is 2.28. The summed E-state index contributed by atoms with van der Waals surface area (Å²) >= 11 is 0. The molecule has 0 spiro atoms. The smallest absolute Gasteiger partial charge is 0.0626 e. The third-order valence-electron chi connectivity index (χ3n) is 3.16. The highest BCUT2D eigenvalue weighted by Crippen LogP contribution is 2.15. The third-order valence-corrected chi connectivity index (χ3v) is 3.16. The van der Waals surface area contributed by atoms with E-state index in [1.54, 1.807) is 0 Å². The van der Waals surface area contributed by atoms with Gasteiger partial charge >= 0.3 is 0 Å². The van der Waals surface area contributed by atoms with Gasteiger partial charge in [-0.1, -0.05) is 30.3 Å². The van der Waals surface area contributed by atoms with Gasteiger partial charge < -0.3 is 15.7 Å². The topological polar surface area (TPSA) is 44.3 Å². The van der Waals surface area contributed by atoms with Crippen molar-refractivity contribution >= 4 is 0 Å². The first kappa shape index (κ1) is 11.6. The lowest BCUT2D eigenvalue weighted by Gasteiger charge is -2.28. The van der Waals surface area contributed by atoms with Gasteiger partial charge in [-0.15, -0.1) is 0 Å². The van der Waals surface area contributed by atoms with Crippen molar-refractivity contribution in [2.24, 2.45) is 0 Å². The van der Waals surface area contributed by atoms with E-state index in [0.717, 1.165) is 25.9 Å². The Morgan fingerprint density at radius 3 is 2.56 bits per heavy atom. The van der Waals surface area contributed by atoms with Crippen LogP contribution in [0.4, 0.5) is 0 Å². The Kier molecular flexibility index (Phi) is 4.34. The first-order valence-corrected chi connectivity index (χ1v) is 6.02. The lowest BCUT2D eigenvalue weighted by atomic mass is 10.0. The van der Waals surface area contributed by atoms with Crippen molar-refractivity contribution in [3.05, 3.63) is 35.9 Å². The number of hydrogen-bond donors (Lipinski definition) is 3. The molecule has 0 aromatic heterocycles. The zero-order chi connectivity index (χ0) is 11.2. The Hall–Kier alpha value is -0.900. The van der Waals surface area contributed by atoms with Crippen molar-refractivity contribution < 1.29 is 5.11 Å². The SMILES string of the molecule is OC[C@H](NC1CCNCC1)c1ccccc1. The molecule has 0 amide bonds. The molecule has 1 aromatic rings. The predicted octanol–water partition coefficient (Wildman–Crippen LogP) is 1.06. The zero-order valence-corrected chi connectivity index (χ0v) is 9.52. The van der Waals surface area contributed by atoms with Crippen molar-refractivity contribution in [1.82, 2.24) is 10.6 Å². The van der Waals surface area contributed by atoms with Gasteiger partial charge in [-0.2, -0.15) is 0 Å². The van der Waals surface area contributed by atoms with Crippen LogP contribution in [-0.4, -0.2) is 30.8 Å². The zero-order valence-electron chi connectivity index (χ0n) is 9.52. The minimum Gasteiger partial charge on any atom is -0.394 e. The van der Waals surface area contributed by atoms with Gasteiger partial charge in [-0.3, -0.25) is 0 Å². The van der Waals surface area contributed by atoms with Crippen molar-refractivity contribution in [3.63, 3.8) is 0 Å². The average molecular weight is 220 g/mol. The maximum atomic E-state index is 9.43. The molecule has 0 saturated carbocycles. The van der Waals surface area contributed by atoms with E-state index in [-0.39, 0.29) is 12.6 Å². The Morgan fingerprint density at radius 1 is 1.25 bits per heavy atom. The molecule has 1 saturated heterocycles. The summed E-state index contributed by atoms with van der Waals surface area (Å²) in [6.45, 7) is 2.31. The van der Waals surface area contributed by atoms with Crippen LogP contribution in [0.5, 0.6) is 0 Å². The molecule has 16 heavy (non-hydrogen) atoms. The number of nitrogens with one attached hydrogen (secondary N) is 2. The highest BCUT2D eigenvalue weighted by molar-refractivity contribution is 5.19. The van der Waals surface area contributed by atoms with Crippen LogP contribution in [0.3, 0.4) is 0 Å². The van der Waals surface area contributed by atoms with E-state index >= 15 is 0 Å². The first-order chi connectivity index (χ1) is 7.90. The van der Waals surface area contributed by atoms with E-state index < -0.39 is 0 Å². The Morgan fingerprint density at radius 2 is 1.94 bits per heavy atom. The van der Waals surface area contributed by atoms with Crippen LogP contribution >= 0.6 is 0 Å². The highest BCUT2D eigenvalue weighted by Gasteiger charge is 2.17. The van der Waals surface area contributed by atoms with Gasteiger partial charge in [0.25, 0.3) is 0 Å². The van der Waals surface area contributed by atoms with E-state index in [9.17, 15) is 5.11 Å². The molecule has 1 aliphatic rings. The van der Waals surface area contributed by atoms with Crippen LogP contribution in [-0.2, 0) is 0 Å². The first-order valence-electron chi connectivity index (χ1n) is 6.02. The fourth-order valence-electron chi connectivity index (χ4n) is 2.21. The standard InChI is InChI=1S/C13H20N2O/c16-10-13(11-4-2-1-3-5-11)15-12-6-8-14-9-7-12/h1-5,12-16H,6-10H2/t13-/m0/s1. The number of aliphatic hydroxyl groups is 1. The summed E-state index contributed by atoms with van der Waals surface area (Å²) in [7, 11) is 0. The Bertz CT molecular complexity index is 296. The summed E-state index contributed by atoms with van der Waals surface area (Å²) in [5.41, 5.74) is 1.17. The molecule has 1 aliphatic heterocycles. The van der Waals surface area contributed by atoms with Crippen LogP contribution < -0.4 is 10.6 Å². The molecule has 1 heterocycles. The van der Waals surface area contributed by atoms with Crippen LogP contribution in [0.25, 0.3) is 0 Å². The van der Waals surface area contributed by atoms with Gasteiger partial charge in [-0.05, 0) is 31.5 Å². The monoisotopic (exact) mass is 220 g/mol. The second-order valence-electron chi connectivity index (χ2n) is 4.34. The maximum absolute atomic E-state index is 9.43. The molecule has 1 fully saturated rings. The van der Waals surface area contributed by atoms with Gasteiger partial charge in [0.15, 0.2) is 0 Å². The molecule has 0 radical (unpaired) electrons. The van der Waals surface area contributed by atoms with Crippen LogP contribution in [0.15, 0.2) is 30.3 Å². The van der Waals surface area contributed by atoms with Gasteiger partial charge in [0.05, 0.1) is 12.6 Å². The Balaban J connectivity index is 1.94. The number of hydrogen-bond acceptors (Lipinski definition) is 3. The molecule has 3 nitrogen and oxygen atoms in total. The van der Waals surface area contributed by atoms with Gasteiger partial charge in [0.1, 0.15) is 0 Å². The third kappa shape index (κ3) is 3.04. The molecule has 1 atom stereocenters. The summed E-state index contributed by atoms with van der Waals surface area (Å²) in [5, 5.41) is 16.3. The maximum Gasteiger partial charge on any atom is 0.0626 e. The van der Waals surface area contributed by atoms with E-state index in [1.807, 2.05) is 18.2 Å². The van der Waals surface area contributed by atoms with E-state index in [4.69, 9.17) is 0 Å². The lowest BCUT2D eigenvalue weighted by molar-refractivity contribution is 0.222. The van der Waals surface area contributed by atoms with Gasteiger partial charge in [0, 0.05) is 6.04 Å². The van der Waals surface area contributed by atoms with Gasteiger partial charge in [0.2, 0.25) is 0 Å². The molecule has 1 aromatic carbocycles. The molecule has 0 bridgehead atoms. The molecule has 0 unspecified atom stereocenters. The quantitative estimate of drug-likeness (QED) is 0.711. The molecule has 88 valence electrons. The van der Waals surface area contributed by atoms with Crippen molar-refractivity contribution in [2.75, 3.05) is 19.7 Å². The summed E-state index contributed by atoms with van der Waals surface area (Å²) in [4.78, 5) is 0. The molecule has 2 rings (SSSR count). The molecule has 0 aliphatic carbocycles. The number of piperidine rings is 1. The van der Waals surface area contributed by atoms with Crippen LogP contribution in [0, 0.1) is 0 Å². The predicted molar refractivity (Wildman–Crippen MR) is 65.3 cm³/mol. The minimum absolute atomic E-state index is 0.0734. The van der Waals surface area contributed by atoms with E-state index in [2.05, 4.69) is 22.8 Å². The number of benzene rings is 1. The van der Waals surface area contributed by atoms with Crippen LogP contribution in [0.2, 0.25) is 0 Å². The fraction of sp³-hybridized carbons (Fsp3) is 0.538. The van der Waals surface area contributed by atoms with Crippen molar-refractivity contribution in [2.45, 2.75) is 24.9 Å².